The van der Waals surface area contributed by atoms with Gasteiger partial charge in [-0.25, -0.2) is 0 Å². The van der Waals surface area contributed by atoms with Crippen molar-refractivity contribution in [2.75, 3.05) is 12.4 Å². The van der Waals surface area contributed by atoms with Gasteiger partial charge in [-0.2, -0.15) is 0 Å². The molecule has 138 valence electrons. The molecule has 2 aromatic rings. The summed E-state index contributed by atoms with van der Waals surface area (Å²) in [5.74, 6) is 0.173. The molecular weight excluding hydrogens is 348 g/mol. The van der Waals surface area contributed by atoms with Gasteiger partial charge in [0, 0.05) is 4.90 Å². The van der Waals surface area contributed by atoms with Crippen molar-refractivity contribution in [1.82, 2.24) is 10.9 Å². The van der Waals surface area contributed by atoms with Gasteiger partial charge in [0.05, 0.1) is 5.75 Å². The molecule has 2 aromatic carbocycles. The highest BCUT2D eigenvalue weighted by Gasteiger charge is 2.08. The lowest BCUT2D eigenvalue weighted by molar-refractivity contribution is -0.128. The minimum Gasteiger partial charge on any atom is -0.484 e. The van der Waals surface area contributed by atoms with Crippen LogP contribution in [-0.4, -0.2) is 24.2 Å². The molecule has 0 aliphatic rings. The number of aryl methyl sites for hydroxylation is 4. The van der Waals surface area contributed by atoms with Crippen molar-refractivity contribution in [3.8, 4) is 5.75 Å². The van der Waals surface area contributed by atoms with Gasteiger partial charge in [0.1, 0.15) is 5.75 Å². The molecule has 0 atom stereocenters. The quantitative estimate of drug-likeness (QED) is 0.603. The number of thioether (sulfide) groups is 1. The van der Waals surface area contributed by atoms with Gasteiger partial charge >= 0.3 is 0 Å². The number of amides is 2. The summed E-state index contributed by atoms with van der Waals surface area (Å²) in [6.45, 7) is 7.85. The average Bonchev–Trinajstić information content (AvgIpc) is 2.61. The van der Waals surface area contributed by atoms with Crippen molar-refractivity contribution < 1.29 is 14.3 Å². The highest BCUT2D eigenvalue weighted by Crippen LogP contribution is 2.23. The van der Waals surface area contributed by atoms with Gasteiger partial charge in [0.2, 0.25) is 5.91 Å². The zero-order valence-electron chi connectivity index (χ0n) is 15.5. The molecule has 0 saturated carbocycles. The Morgan fingerprint density at radius 2 is 1.58 bits per heavy atom. The van der Waals surface area contributed by atoms with Crippen LogP contribution >= 0.6 is 11.8 Å². The number of hydrazine groups is 1. The molecule has 26 heavy (non-hydrogen) atoms. The minimum atomic E-state index is -0.409. The number of carbonyl (C=O) groups is 2. The van der Waals surface area contributed by atoms with E-state index in [1.807, 2.05) is 64.1 Å². The summed E-state index contributed by atoms with van der Waals surface area (Å²) in [6, 6.07) is 11.7. The molecule has 2 amide bonds. The highest BCUT2D eigenvalue weighted by atomic mass is 32.2. The van der Waals surface area contributed by atoms with Crippen molar-refractivity contribution in [3.05, 3.63) is 58.7 Å². The van der Waals surface area contributed by atoms with Crippen molar-refractivity contribution >= 4 is 23.6 Å². The van der Waals surface area contributed by atoms with Gasteiger partial charge in [-0.05, 0) is 62.6 Å². The van der Waals surface area contributed by atoms with Crippen LogP contribution in [0.15, 0.2) is 41.3 Å². The van der Waals surface area contributed by atoms with E-state index in [9.17, 15) is 9.59 Å². The lowest BCUT2D eigenvalue weighted by atomic mass is 10.1. The molecule has 0 fully saturated rings. The van der Waals surface area contributed by atoms with Gasteiger partial charge in [-0.1, -0.05) is 23.8 Å². The van der Waals surface area contributed by atoms with Crippen LogP contribution in [0.4, 0.5) is 0 Å². The second-order valence-corrected chi connectivity index (χ2v) is 7.21. The van der Waals surface area contributed by atoms with E-state index in [1.54, 1.807) is 0 Å². The van der Waals surface area contributed by atoms with E-state index in [4.69, 9.17) is 4.74 Å². The molecule has 0 aliphatic heterocycles. The van der Waals surface area contributed by atoms with E-state index in [1.165, 1.54) is 11.8 Å². The predicted octanol–water partition coefficient (Wildman–Crippen LogP) is 3.24. The summed E-state index contributed by atoms with van der Waals surface area (Å²) >= 11 is 1.44. The number of nitrogens with one attached hydrogen (secondary N) is 2. The fourth-order valence-corrected chi connectivity index (χ4v) is 3.09. The maximum atomic E-state index is 11.9. The van der Waals surface area contributed by atoms with E-state index >= 15 is 0 Å². The maximum Gasteiger partial charge on any atom is 0.276 e. The molecular formula is C20H24N2O3S. The van der Waals surface area contributed by atoms with Crippen LogP contribution in [0.2, 0.25) is 0 Å². The van der Waals surface area contributed by atoms with Crippen LogP contribution in [0.1, 0.15) is 22.3 Å². The van der Waals surface area contributed by atoms with Crippen LogP contribution in [0.5, 0.6) is 5.75 Å². The highest BCUT2D eigenvalue weighted by molar-refractivity contribution is 8.00. The first-order chi connectivity index (χ1) is 12.3. The Labute approximate surface area is 158 Å². The van der Waals surface area contributed by atoms with E-state index in [0.29, 0.717) is 5.75 Å². The fourth-order valence-electron chi connectivity index (χ4n) is 2.17. The van der Waals surface area contributed by atoms with Crippen molar-refractivity contribution in [3.63, 3.8) is 0 Å². The zero-order chi connectivity index (χ0) is 19.1. The summed E-state index contributed by atoms with van der Waals surface area (Å²) in [5, 5.41) is 0. The summed E-state index contributed by atoms with van der Waals surface area (Å²) in [7, 11) is 0. The molecule has 0 spiro atoms. The number of hydrogen-bond donors (Lipinski definition) is 2. The number of benzene rings is 2. The summed E-state index contributed by atoms with van der Waals surface area (Å²) in [6.07, 6.45) is 0. The van der Waals surface area contributed by atoms with Gasteiger partial charge < -0.3 is 4.74 Å². The van der Waals surface area contributed by atoms with Crippen LogP contribution in [0, 0.1) is 27.7 Å². The zero-order valence-corrected chi connectivity index (χ0v) is 16.3. The first-order valence-corrected chi connectivity index (χ1v) is 9.31. The topological polar surface area (TPSA) is 67.4 Å². The molecule has 0 aliphatic carbocycles. The first kappa shape index (κ1) is 19.8. The molecule has 0 bridgehead atoms. The third kappa shape index (κ3) is 6.11. The Balaban J connectivity index is 1.72. The smallest absolute Gasteiger partial charge is 0.276 e. The van der Waals surface area contributed by atoms with Crippen molar-refractivity contribution in [1.29, 1.82) is 0 Å². The van der Waals surface area contributed by atoms with Gasteiger partial charge in [0.15, 0.2) is 6.61 Å². The minimum absolute atomic E-state index is 0.160. The summed E-state index contributed by atoms with van der Waals surface area (Å²) in [5.41, 5.74) is 9.30. The lowest BCUT2D eigenvalue weighted by Gasteiger charge is -2.10. The van der Waals surface area contributed by atoms with Crippen LogP contribution in [0.25, 0.3) is 0 Å². The molecule has 5 nitrogen and oxygen atoms in total. The monoisotopic (exact) mass is 372 g/mol. The number of carbonyl (C=O) groups excluding carboxylic acids is 2. The Morgan fingerprint density at radius 1 is 0.885 bits per heavy atom. The molecule has 2 rings (SSSR count). The van der Waals surface area contributed by atoms with E-state index in [2.05, 4.69) is 10.9 Å². The van der Waals surface area contributed by atoms with Crippen LogP contribution in [0.3, 0.4) is 0 Å². The number of ether oxygens (including phenoxy) is 1. The SMILES string of the molecule is Cc1ccc(C)c(SCC(=O)NNC(=O)COc2ccc(C)c(C)c2)c1. The lowest BCUT2D eigenvalue weighted by Crippen LogP contribution is -2.44. The second kappa shape index (κ2) is 9.29. The van der Waals surface area contributed by atoms with Crippen LogP contribution in [-0.2, 0) is 9.59 Å². The Hall–Kier alpha value is -2.47. The Morgan fingerprint density at radius 3 is 2.31 bits per heavy atom. The van der Waals surface area contributed by atoms with Gasteiger partial charge in [-0.3, -0.25) is 20.4 Å². The van der Waals surface area contributed by atoms with E-state index in [0.717, 1.165) is 27.1 Å². The Kier molecular flexibility index (Phi) is 7.09. The van der Waals surface area contributed by atoms with E-state index < -0.39 is 5.91 Å². The number of rotatable bonds is 6. The summed E-state index contributed by atoms with van der Waals surface area (Å²) in [4.78, 5) is 24.7. The third-order valence-electron chi connectivity index (χ3n) is 3.89. The van der Waals surface area contributed by atoms with Gasteiger partial charge in [-0.15, -0.1) is 11.8 Å². The molecule has 0 aromatic heterocycles. The average molecular weight is 372 g/mol. The van der Waals surface area contributed by atoms with Crippen LogP contribution < -0.4 is 15.6 Å². The maximum absolute atomic E-state index is 11.9. The molecule has 0 heterocycles. The third-order valence-corrected chi connectivity index (χ3v) is 5.05. The number of hydrogen-bond acceptors (Lipinski definition) is 4. The molecule has 6 heteroatoms. The molecule has 2 N–H and O–H groups in total. The van der Waals surface area contributed by atoms with Crippen molar-refractivity contribution in [2.45, 2.75) is 32.6 Å². The van der Waals surface area contributed by atoms with Crippen molar-refractivity contribution in [2.24, 2.45) is 0 Å². The molecule has 0 unspecified atom stereocenters. The summed E-state index contributed by atoms with van der Waals surface area (Å²) < 4.78 is 5.43. The Bertz CT molecular complexity index is 806. The predicted molar refractivity (Wildman–Crippen MR) is 104 cm³/mol. The normalized spacial score (nSPS) is 10.3. The van der Waals surface area contributed by atoms with E-state index in [-0.39, 0.29) is 18.3 Å². The first-order valence-electron chi connectivity index (χ1n) is 8.33. The standard InChI is InChI=1S/C20H24N2O3S/c1-13-5-6-15(3)18(9-13)26-12-20(24)22-21-19(23)11-25-17-8-7-14(2)16(4)10-17/h5-10H,11-12H2,1-4H3,(H,21,23)(H,22,24). The van der Waals surface area contributed by atoms with Gasteiger partial charge in [0.25, 0.3) is 5.91 Å². The fraction of sp³-hybridized carbons (Fsp3) is 0.300. The second-order valence-electron chi connectivity index (χ2n) is 6.19. The molecule has 0 saturated heterocycles. The largest absolute Gasteiger partial charge is 0.484 e. The molecule has 0 radical (unpaired) electrons.